The minimum atomic E-state index is -0.616. The monoisotopic (exact) mass is 363 g/mol. The lowest BCUT2D eigenvalue weighted by atomic mass is 9.88. The largest absolute Gasteiger partial charge is 0.486 e. The number of fused-ring (bicyclic) bond motifs is 1. The zero-order chi connectivity index (χ0) is 15.7. The van der Waals surface area contributed by atoms with E-state index in [0.29, 0.717) is 11.3 Å². The Bertz CT molecular complexity index is 705. The number of nitrogens with one attached hydrogen (secondary N) is 1. The van der Waals surface area contributed by atoms with Crippen molar-refractivity contribution >= 4 is 21.8 Å². The first-order valence-electron chi connectivity index (χ1n) is 6.98. The minimum absolute atomic E-state index is 0.220. The molecular formula is C17H15BrFNO2. The third-order valence-electron chi connectivity index (χ3n) is 3.84. The van der Waals surface area contributed by atoms with Gasteiger partial charge in [-0.2, -0.15) is 0 Å². The molecule has 2 aromatic rings. The van der Waals surface area contributed by atoms with Crippen LogP contribution in [0.25, 0.3) is 0 Å². The molecule has 1 N–H and O–H groups in total. The molecule has 0 unspecified atom stereocenters. The van der Waals surface area contributed by atoms with Crippen LogP contribution in [0.2, 0.25) is 0 Å². The minimum Gasteiger partial charge on any atom is -0.486 e. The molecule has 0 aromatic heterocycles. The van der Waals surface area contributed by atoms with E-state index >= 15 is 0 Å². The van der Waals surface area contributed by atoms with Crippen molar-refractivity contribution in [3.05, 3.63) is 63.6 Å². The van der Waals surface area contributed by atoms with E-state index in [0.717, 1.165) is 15.6 Å². The first-order chi connectivity index (χ1) is 10.7. The topological polar surface area (TPSA) is 38.3 Å². The summed E-state index contributed by atoms with van der Waals surface area (Å²) in [6.45, 7) is -0.612. The second-order valence-corrected chi connectivity index (χ2v) is 6.07. The Kier molecular flexibility index (Phi) is 4.16. The highest BCUT2D eigenvalue weighted by molar-refractivity contribution is 9.10. The molecule has 0 spiro atoms. The van der Waals surface area contributed by atoms with E-state index < -0.39 is 12.8 Å². The molecule has 0 fully saturated rings. The Hall–Kier alpha value is -1.88. The van der Waals surface area contributed by atoms with Gasteiger partial charge in [-0.25, -0.2) is 4.39 Å². The van der Waals surface area contributed by atoms with Gasteiger partial charge in [0.1, 0.15) is 18.5 Å². The highest BCUT2D eigenvalue weighted by Crippen LogP contribution is 2.45. The third-order valence-corrected chi connectivity index (χ3v) is 4.30. The lowest BCUT2D eigenvalue weighted by molar-refractivity contribution is 0.0955. The normalized spacial score (nSPS) is 19.4. The molecule has 1 aliphatic rings. The molecule has 2 aromatic carbocycles. The van der Waals surface area contributed by atoms with Crippen molar-refractivity contribution < 1.29 is 13.9 Å². The summed E-state index contributed by atoms with van der Waals surface area (Å²) in [7, 11) is 1.56. The maximum Gasteiger partial charge on any atom is 0.254 e. The Labute approximate surface area is 136 Å². The van der Waals surface area contributed by atoms with Gasteiger partial charge < -0.3 is 10.1 Å². The number of rotatable bonds is 3. The number of hydrogen-bond donors (Lipinski definition) is 1. The van der Waals surface area contributed by atoms with Gasteiger partial charge >= 0.3 is 0 Å². The predicted molar refractivity (Wildman–Crippen MR) is 86.2 cm³/mol. The van der Waals surface area contributed by atoms with Crippen LogP contribution in [0.15, 0.2) is 46.9 Å². The molecule has 114 valence electrons. The zero-order valence-electron chi connectivity index (χ0n) is 12.0. The second kappa shape index (κ2) is 6.08. The van der Waals surface area contributed by atoms with Gasteiger partial charge in [-0.15, -0.1) is 0 Å². The van der Waals surface area contributed by atoms with Crippen molar-refractivity contribution in [3.8, 4) is 5.75 Å². The number of alkyl halides is 1. The molecule has 2 atom stereocenters. The number of halogens is 2. The zero-order valence-corrected chi connectivity index (χ0v) is 13.6. The van der Waals surface area contributed by atoms with Crippen molar-refractivity contribution in [1.29, 1.82) is 0 Å². The maximum absolute atomic E-state index is 13.5. The summed E-state index contributed by atoms with van der Waals surface area (Å²) >= 11 is 3.43. The molecule has 0 saturated heterocycles. The predicted octanol–water partition coefficient (Wildman–Crippen LogP) is 3.67. The van der Waals surface area contributed by atoms with E-state index in [1.54, 1.807) is 13.1 Å². The smallest absolute Gasteiger partial charge is 0.254 e. The lowest BCUT2D eigenvalue weighted by Crippen LogP contribution is -2.22. The maximum atomic E-state index is 13.5. The van der Waals surface area contributed by atoms with Gasteiger partial charge in [0.05, 0.1) is 11.5 Å². The average molecular weight is 364 g/mol. The highest BCUT2D eigenvalue weighted by atomic mass is 79.9. The van der Waals surface area contributed by atoms with Crippen molar-refractivity contribution in [2.24, 2.45) is 0 Å². The molecule has 1 heterocycles. The van der Waals surface area contributed by atoms with Gasteiger partial charge in [0.2, 0.25) is 0 Å². The van der Waals surface area contributed by atoms with E-state index in [1.165, 1.54) is 0 Å². The molecular weight excluding hydrogens is 349 g/mol. The van der Waals surface area contributed by atoms with Crippen LogP contribution in [0, 0.1) is 0 Å². The van der Waals surface area contributed by atoms with Gasteiger partial charge in [0.25, 0.3) is 5.91 Å². The first-order valence-corrected chi connectivity index (χ1v) is 7.78. The van der Waals surface area contributed by atoms with Crippen molar-refractivity contribution in [2.45, 2.75) is 12.0 Å². The molecule has 0 bridgehead atoms. The molecule has 22 heavy (non-hydrogen) atoms. The molecule has 0 saturated carbocycles. The fourth-order valence-electron chi connectivity index (χ4n) is 2.88. The van der Waals surface area contributed by atoms with Gasteiger partial charge in [-0.3, -0.25) is 4.79 Å². The summed E-state index contributed by atoms with van der Waals surface area (Å²) in [4.78, 5) is 12.1. The molecule has 5 heteroatoms. The number of hydrogen-bond acceptors (Lipinski definition) is 2. The Morgan fingerprint density at radius 3 is 2.68 bits per heavy atom. The Balaban J connectivity index is 2.16. The standard InChI is InChI=1S/C17H15BrFNO2/c1-20-17(21)13-8-11(18)7-12-15(10-5-3-2-4-6-10)14(9-19)22-16(12)13/h2-8,14-15H,9H2,1H3,(H,20,21)/t14-,15+/m0/s1. The van der Waals surface area contributed by atoms with E-state index in [9.17, 15) is 9.18 Å². The van der Waals surface area contributed by atoms with Crippen LogP contribution in [0.5, 0.6) is 5.75 Å². The van der Waals surface area contributed by atoms with E-state index in [1.807, 2.05) is 36.4 Å². The van der Waals surface area contributed by atoms with Crippen LogP contribution in [0.4, 0.5) is 4.39 Å². The van der Waals surface area contributed by atoms with Gasteiger partial charge in [-0.1, -0.05) is 46.3 Å². The van der Waals surface area contributed by atoms with Gasteiger partial charge in [0.15, 0.2) is 0 Å². The van der Waals surface area contributed by atoms with Crippen molar-refractivity contribution in [3.63, 3.8) is 0 Å². The third kappa shape index (κ3) is 2.50. The second-order valence-electron chi connectivity index (χ2n) is 5.15. The number of amides is 1. The summed E-state index contributed by atoms with van der Waals surface area (Å²) in [5.74, 6) is 0.00466. The summed E-state index contributed by atoms with van der Waals surface area (Å²) in [6, 6.07) is 13.2. The number of benzene rings is 2. The number of carbonyl (C=O) groups excluding carboxylic acids is 1. The molecule has 0 radical (unpaired) electrons. The van der Waals surface area contributed by atoms with Crippen LogP contribution in [0.3, 0.4) is 0 Å². The molecule has 0 aliphatic carbocycles. The molecule has 3 rings (SSSR count). The number of carbonyl (C=O) groups is 1. The van der Waals surface area contributed by atoms with Crippen LogP contribution in [0.1, 0.15) is 27.4 Å². The lowest BCUT2D eigenvalue weighted by Gasteiger charge is -2.16. The van der Waals surface area contributed by atoms with E-state index in [4.69, 9.17) is 4.74 Å². The van der Waals surface area contributed by atoms with Crippen LogP contribution < -0.4 is 10.1 Å². The SMILES string of the molecule is CNC(=O)c1cc(Br)cc2c1O[C@@H](CF)[C@@H]2c1ccccc1. The highest BCUT2D eigenvalue weighted by Gasteiger charge is 2.38. The average Bonchev–Trinajstić information content (AvgIpc) is 2.92. The molecule has 1 aliphatic heterocycles. The van der Waals surface area contributed by atoms with Crippen LogP contribution in [-0.2, 0) is 0 Å². The molecule has 1 amide bonds. The first kappa shape index (κ1) is 15.0. The summed E-state index contributed by atoms with van der Waals surface area (Å²) in [5.41, 5.74) is 2.23. The summed E-state index contributed by atoms with van der Waals surface area (Å²) in [5, 5.41) is 2.59. The quantitative estimate of drug-likeness (QED) is 0.903. The van der Waals surface area contributed by atoms with Crippen LogP contribution in [-0.4, -0.2) is 25.7 Å². The van der Waals surface area contributed by atoms with E-state index in [2.05, 4.69) is 21.2 Å². The summed E-state index contributed by atoms with van der Waals surface area (Å²) in [6.07, 6.45) is -0.616. The fraction of sp³-hybridized carbons (Fsp3) is 0.235. The number of ether oxygens (including phenoxy) is 1. The fourth-order valence-corrected chi connectivity index (χ4v) is 3.35. The Morgan fingerprint density at radius 1 is 1.32 bits per heavy atom. The van der Waals surface area contributed by atoms with E-state index in [-0.39, 0.29) is 11.8 Å². The van der Waals surface area contributed by atoms with Gasteiger partial charge in [-0.05, 0) is 17.7 Å². The van der Waals surface area contributed by atoms with Crippen LogP contribution >= 0.6 is 15.9 Å². The molecule has 3 nitrogen and oxygen atoms in total. The van der Waals surface area contributed by atoms with Crippen molar-refractivity contribution in [2.75, 3.05) is 13.7 Å². The summed E-state index contributed by atoms with van der Waals surface area (Å²) < 4.78 is 20.0. The Morgan fingerprint density at radius 2 is 2.05 bits per heavy atom. The van der Waals surface area contributed by atoms with Gasteiger partial charge in [0, 0.05) is 17.1 Å². The van der Waals surface area contributed by atoms with Crippen molar-refractivity contribution in [1.82, 2.24) is 5.32 Å².